The number of fused-ring (bicyclic) bond motifs is 1. The molecule has 0 radical (unpaired) electrons. The molecule has 0 saturated heterocycles. The van der Waals surface area contributed by atoms with E-state index in [0.29, 0.717) is 10.8 Å². The fourth-order valence-electron chi connectivity index (χ4n) is 1.78. The lowest BCUT2D eigenvalue weighted by atomic mass is 10.1. The van der Waals surface area contributed by atoms with Gasteiger partial charge in [0.05, 0.1) is 11.5 Å². The summed E-state index contributed by atoms with van der Waals surface area (Å²) in [4.78, 5) is 11.7. The van der Waals surface area contributed by atoms with E-state index in [9.17, 15) is 15.0 Å². The highest BCUT2D eigenvalue weighted by Gasteiger charge is 2.21. The van der Waals surface area contributed by atoms with Gasteiger partial charge in [-0.3, -0.25) is 0 Å². The monoisotopic (exact) mass is 250 g/mol. The third-order valence-electron chi connectivity index (χ3n) is 2.77. The zero-order valence-corrected chi connectivity index (χ0v) is 9.61. The lowest BCUT2D eigenvalue weighted by Crippen LogP contribution is -2.20. The van der Waals surface area contributed by atoms with E-state index in [0.717, 1.165) is 0 Å². The molecular weight excluding hydrogens is 236 g/mol. The number of benzene rings is 1. The van der Waals surface area contributed by atoms with Crippen LogP contribution >= 0.6 is 0 Å². The van der Waals surface area contributed by atoms with E-state index in [1.54, 1.807) is 24.3 Å². The van der Waals surface area contributed by atoms with Gasteiger partial charge in [0.2, 0.25) is 0 Å². The van der Waals surface area contributed by atoms with Gasteiger partial charge < -0.3 is 19.7 Å². The molecule has 0 aliphatic rings. The van der Waals surface area contributed by atoms with Gasteiger partial charge in [0.25, 0.3) is 0 Å². The molecule has 1 aromatic heterocycles. The highest BCUT2D eigenvalue weighted by molar-refractivity contribution is 5.81. The first-order valence-electron chi connectivity index (χ1n) is 5.63. The number of rotatable bonds is 4. The van der Waals surface area contributed by atoms with Crippen LogP contribution in [-0.2, 0) is 0 Å². The highest BCUT2D eigenvalue weighted by atomic mass is 16.4. The summed E-state index contributed by atoms with van der Waals surface area (Å²) in [6, 6.07) is 8.35. The molecule has 2 unspecified atom stereocenters. The summed E-state index contributed by atoms with van der Waals surface area (Å²) in [5.74, 6) is -0.000324. The summed E-state index contributed by atoms with van der Waals surface area (Å²) in [7, 11) is 0. The van der Waals surface area contributed by atoms with E-state index >= 15 is 0 Å². The average molecular weight is 250 g/mol. The van der Waals surface area contributed by atoms with Gasteiger partial charge in [0, 0.05) is 6.61 Å². The molecule has 18 heavy (non-hydrogen) atoms. The highest BCUT2D eigenvalue weighted by Crippen LogP contribution is 2.21. The van der Waals surface area contributed by atoms with Crippen LogP contribution in [0.4, 0.5) is 0 Å². The molecule has 0 aliphatic carbocycles. The van der Waals surface area contributed by atoms with Gasteiger partial charge in [-0.2, -0.15) is 0 Å². The van der Waals surface area contributed by atoms with Crippen LogP contribution in [0.25, 0.3) is 10.8 Å². The molecule has 1 heterocycles. The quantitative estimate of drug-likeness (QED) is 0.738. The summed E-state index contributed by atoms with van der Waals surface area (Å²) in [5.41, 5.74) is -0.557. The summed E-state index contributed by atoms with van der Waals surface area (Å²) >= 11 is 0. The van der Waals surface area contributed by atoms with Crippen molar-refractivity contribution in [1.82, 2.24) is 0 Å². The van der Waals surface area contributed by atoms with Crippen LogP contribution in [0.3, 0.4) is 0 Å². The Bertz CT molecular complexity index is 589. The van der Waals surface area contributed by atoms with Crippen molar-refractivity contribution in [3.63, 3.8) is 0 Å². The smallest absolute Gasteiger partial charge is 0.343 e. The molecule has 2 rings (SSSR count). The Morgan fingerprint density at radius 2 is 1.94 bits per heavy atom. The van der Waals surface area contributed by atoms with Crippen molar-refractivity contribution < 1.29 is 19.7 Å². The molecule has 5 heteroatoms. The van der Waals surface area contributed by atoms with Crippen molar-refractivity contribution in [2.75, 3.05) is 6.61 Å². The Labute approximate surface area is 103 Å². The van der Waals surface area contributed by atoms with Gasteiger partial charge in [-0.1, -0.05) is 18.2 Å². The Kier molecular flexibility index (Phi) is 3.76. The maximum Gasteiger partial charge on any atom is 0.343 e. The van der Waals surface area contributed by atoms with Gasteiger partial charge in [0.15, 0.2) is 0 Å². The maximum atomic E-state index is 11.7. The molecule has 1 aromatic carbocycles. The van der Waals surface area contributed by atoms with Crippen LogP contribution in [0.5, 0.6) is 0 Å². The van der Waals surface area contributed by atoms with Crippen LogP contribution in [0.1, 0.15) is 18.3 Å². The van der Waals surface area contributed by atoms with Crippen molar-refractivity contribution in [2.45, 2.75) is 18.6 Å². The van der Waals surface area contributed by atoms with E-state index < -0.39 is 17.8 Å². The molecule has 96 valence electrons. The number of hydrogen-bond donors (Lipinski definition) is 3. The molecule has 2 aromatic rings. The first-order chi connectivity index (χ1) is 8.63. The maximum absolute atomic E-state index is 11.7. The molecule has 0 saturated carbocycles. The fourth-order valence-corrected chi connectivity index (χ4v) is 1.78. The molecule has 3 N–H and O–H groups in total. The molecule has 0 bridgehead atoms. The Morgan fingerprint density at radius 1 is 1.22 bits per heavy atom. The van der Waals surface area contributed by atoms with E-state index in [2.05, 4.69) is 0 Å². The molecule has 0 aliphatic heterocycles. The Hall–Kier alpha value is -1.69. The van der Waals surface area contributed by atoms with E-state index in [1.165, 1.54) is 6.07 Å². The second-order valence-corrected chi connectivity index (χ2v) is 4.05. The number of hydrogen-bond acceptors (Lipinski definition) is 5. The van der Waals surface area contributed by atoms with Crippen molar-refractivity contribution in [1.29, 1.82) is 0 Å². The summed E-state index contributed by atoms with van der Waals surface area (Å²) in [5, 5.41) is 29.1. The van der Waals surface area contributed by atoms with Gasteiger partial charge in [-0.15, -0.1) is 0 Å². The zero-order valence-electron chi connectivity index (χ0n) is 9.61. The normalized spacial score (nSPS) is 14.6. The van der Waals surface area contributed by atoms with Crippen molar-refractivity contribution >= 4 is 10.8 Å². The molecule has 2 atom stereocenters. The van der Waals surface area contributed by atoms with Crippen LogP contribution in [0, 0.1) is 0 Å². The van der Waals surface area contributed by atoms with Gasteiger partial charge >= 0.3 is 5.63 Å². The molecule has 5 nitrogen and oxygen atoms in total. The number of aliphatic hydroxyl groups is 3. The fraction of sp³-hybridized carbons (Fsp3) is 0.308. The summed E-state index contributed by atoms with van der Waals surface area (Å²) in [6.45, 7) is -0.254. The predicted molar refractivity (Wildman–Crippen MR) is 65.2 cm³/mol. The molecule has 0 spiro atoms. The van der Waals surface area contributed by atoms with E-state index in [-0.39, 0.29) is 18.8 Å². The lowest BCUT2D eigenvalue weighted by Gasteiger charge is -2.15. The average Bonchev–Trinajstić information content (AvgIpc) is 2.38. The largest absolute Gasteiger partial charge is 0.425 e. The molecule has 0 fully saturated rings. The minimum absolute atomic E-state index is 0.000324. The van der Waals surface area contributed by atoms with Crippen LogP contribution in [0.2, 0.25) is 0 Å². The van der Waals surface area contributed by atoms with Gasteiger partial charge in [-0.25, -0.2) is 4.79 Å². The minimum Gasteiger partial charge on any atom is -0.425 e. The van der Waals surface area contributed by atoms with Crippen LogP contribution in [0.15, 0.2) is 39.5 Å². The molecule has 0 amide bonds. The topological polar surface area (TPSA) is 90.9 Å². The van der Waals surface area contributed by atoms with E-state index in [4.69, 9.17) is 9.52 Å². The van der Waals surface area contributed by atoms with Crippen molar-refractivity contribution in [2.24, 2.45) is 0 Å². The van der Waals surface area contributed by atoms with Crippen LogP contribution < -0.4 is 5.63 Å². The van der Waals surface area contributed by atoms with Gasteiger partial charge in [-0.05, 0) is 23.9 Å². The third-order valence-corrected chi connectivity index (χ3v) is 2.77. The lowest BCUT2D eigenvalue weighted by molar-refractivity contribution is -0.00848. The van der Waals surface area contributed by atoms with Crippen molar-refractivity contribution in [3.05, 3.63) is 46.5 Å². The standard InChI is InChI=1S/C13H14O5/c14-6-5-10(15)12(16)11-7-8-3-1-2-4-9(8)13(17)18-11/h1-4,7,10,12,14-16H,5-6H2. The predicted octanol–water partition coefficient (Wildman–Crippen LogP) is 0.570. The Morgan fingerprint density at radius 3 is 2.67 bits per heavy atom. The second kappa shape index (κ2) is 5.30. The third kappa shape index (κ3) is 2.43. The van der Waals surface area contributed by atoms with Crippen LogP contribution in [-0.4, -0.2) is 28.0 Å². The number of aliphatic hydroxyl groups excluding tert-OH is 3. The minimum atomic E-state index is -1.32. The summed E-state index contributed by atoms with van der Waals surface area (Å²) < 4.78 is 4.97. The molecular formula is C13H14O5. The van der Waals surface area contributed by atoms with Gasteiger partial charge in [0.1, 0.15) is 11.9 Å². The second-order valence-electron chi connectivity index (χ2n) is 4.05. The zero-order chi connectivity index (χ0) is 13.1. The first-order valence-corrected chi connectivity index (χ1v) is 5.63. The summed E-state index contributed by atoms with van der Waals surface area (Å²) in [6.07, 6.45) is -2.48. The first kappa shape index (κ1) is 12.8. The van der Waals surface area contributed by atoms with E-state index in [1.807, 2.05) is 0 Å². The Balaban J connectivity index is 2.43. The van der Waals surface area contributed by atoms with Crippen molar-refractivity contribution in [3.8, 4) is 0 Å². The SMILES string of the molecule is O=c1oc(C(O)C(O)CCO)cc2ccccc12.